The highest BCUT2D eigenvalue weighted by molar-refractivity contribution is 4.85. The fourth-order valence-electron chi connectivity index (χ4n) is 2.77. The van der Waals surface area contributed by atoms with Crippen molar-refractivity contribution in [1.29, 1.82) is 0 Å². The maximum Gasteiger partial charge on any atom is 0.0501 e. The van der Waals surface area contributed by atoms with Gasteiger partial charge >= 0.3 is 0 Å². The minimum Gasteiger partial charge on any atom is -0.381 e. The topological polar surface area (TPSA) is 9.23 Å². The molecule has 90 valence electrons. The van der Waals surface area contributed by atoms with Crippen LogP contribution in [0, 0.1) is 22.7 Å². The standard InChI is InChI=1S/C14H28O/c1-13(2,3)9-11-7-8-15-10-12(11)14(4,5)6/h11-12H,7-10H2,1-6H3. The van der Waals surface area contributed by atoms with Crippen LogP contribution in [0.15, 0.2) is 0 Å². The van der Waals surface area contributed by atoms with Gasteiger partial charge < -0.3 is 4.74 Å². The second kappa shape index (κ2) is 4.45. The molecule has 0 N–H and O–H groups in total. The molecule has 0 aromatic heterocycles. The molecule has 15 heavy (non-hydrogen) atoms. The summed E-state index contributed by atoms with van der Waals surface area (Å²) in [4.78, 5) is 0. The second-order valence-corrected chi connectivity index (χ2v) is 7.36. The Bertz CT molecular complexity index is 194. The van der Waals surface area contributed by atoms with Crippen molar-refractivity contribution < 1.29 is 4.74 Å². The van der Waals surface area contributed by atoms with Crippen LogP contribution >= 0.6 is 0 Å². The Hall–Kier alpha value is -0.0400. The maximum atomic E-state index is 5.65. The Balaban J connectivity index is 2.66. The Kier molecular flexibility index (Phi) is 3.86. The van der Waals surface area contributed by atoms with Crippen LogP contribution in [0.3, 0.4) is 0 Å². The summed E-state index contributed by atoms with van der Waals surface area (Å²) in [6.07, 6.45) is 2.58. The summed E-state index contributed by atoms with van der Waals surface area (Å²) in [7, 11) is 0. The summed E-state index contributed by atoms with van der Waals surface area (Å²) < 4.78 is 5.65. The zero-order valence-corrected chi connectivity index (χ0v) is 11.4. The van der Waals surface area contributed by atoms with Gasteiger partial charge in [-0.3, -0.25) is 0 Å². The molecule has 0 aromatic carbocycles. The van der Waals surface area contributed by atoms with Crippen LogP contribution in [0.25, 0.3) is 0 Å². The number of ether oxygens (including phenoxy) is 1. The van der Waals surface area contributed by atoms with Gasteiger partial charge in [0.1, 0.15) is 0 Å². The van der Waals surface area contributed by atoms with E-state index in [1.54, 1.807) is 0 Å². The third-order valence-electron chi connectivity index (χ3n) is 3.49. The summed E-state index contributed by atoms with van der Waals surface area (Å²) in [5.41, 5.74) is 0.835. The zero-order valence-electron chi connectivity index (χ0n) is 11.4. The summed E-state index contributed by atoms with van der Waals surface area (Å²) in [6.45, 7) is 16.0. The zero-order chi connectivity index (χ0) is 11.7. The second-order valence-electron chi connectivity index (χ2n) is 7.36. The normalized spacial score (nSPS) is 29.2. The molecule has 0 spiro atoms. The van der Waals surface area contributed by atoms with Crippen LogP contribution in [-0.4, -0.2) is 13.2 Å². The first kappa shape index (κ1) is 13.0. The van der Waals surface area contributed by atoms with Gasteiger partial charge in [-0.05, 0) is 35.5 Å². The molecule has 2 unspecified atom stereocenters. The molecule has 1 heterocycles. The Labute approximate surface area is 95.6 Å². The summed E-state index contributed by atoms with van der Waals surface area (Å²) in [5, 5.41) is 0. The molecule has 1 fully saturated rings. The van der Waals surface area contributed by atoms with E-state index in [0.29, 0.717) is 10.8 Å². The van der Waals surface area contributed by atoms with Crippen LogP contribution in [0.4, 0.5) is 0 Å². The molecule has 1 nitrogen and oxygen atoms in total. The van der Waals surface area contributed by atoms with Crippen LogP contribution in [0.2, 0.25) is 0 Å². The van der Waals surface area contributed by atoms with Gasteiger partial charge in [0.15, 0.2) is 0 Å². The van der Waals surface area contributed by atoms with Crippen molar-refractivity contribution in [3.8, 4) is 0 Å². The van der Waals surface area contributed by atoms with Crippen molar-refractivity contribution >= 4 is 0 Å². The molecule has 0 amide bonds. The van der Waals surface area contributed by atoms with Crippen molar-refractivity contribution in [1.82, 2.24) is 0 Å². The number of hydrogen-bond acceptors (Lipinski definition) is 1. The lowest BCUT2D eigenvalue weighted by atomic mass is 9.67. The SMILES string of the molecule is CC(C)(C)CC1CCOCC1C(C)(C)C. The monoisotopic (exact) mass is 212 g/mol. The van der Waals surface area contributed by atoms with E-state index in [-0.39, 0.29) is 0 Å². The van der Waals surface area contributed by atoms with Crippen LogP contribution in [0.1, 0.15) is 54.4 Å². The minimum absolute atomic E-state index is 0.385. The third kappa shape index (κ3) is 4.14. The minimum atomic E-state index is 0.385. The lowest BCUT2D eigenvalue weighted by Gasteiger charge is -2.42. The van der Waals surface area contributed by atoms with E-state index in [1.807, 2.05) is 0 Å². The van der Waals surface area contributed by atoms with E-state index in [2.05, 4.69) is 41.5 Å². The molecule has 0 aromatic rings. The van der Waals surface area contributed by atoms with E-state index in [4.69, 9.17) is 4.74 Å². The molecule has 1 heteroatoms. The van der Waals surface area contributed by atoms with Crippen molar-refractivity contribution in [3.05, 3.63) is 0 Å². The largest absolute Gasteiger partial charge is 0.381 e. The first-order valence-corrected chi connectivity index (χ1v) is 6.28. The molecule has 1 saturated heterocycles. The van der Waals surface area contributed by atoms with Gasteiger partial charge in [-0.2, -0.15) is 0 Å². The quantitative estimate of drug-likeness (QED) is 0.635. The van der Waals surface area contributed by atoms with E-state index >= 15 is 0 Å². The maximum absolute atomic E-state index is 5.65. The van der Waals surface area contributed by atoms with Crippen LogP contribution < -0.4 is 0 Å². The molecule has 2 atom stereocenters. The fourth-order valence-corrected chi connectivity index (χ4v) is 2.77. The molecular weight excluding hydrogens is 184 g/mol. The fraction of sp³-hybridized carbons (Fsp3) is 1.00. The smallest absolute Gasteiger partial charge is 0.0501 e. The molecule has 1 rings (SSSR count). The van der Waals surface area contributed by atoms with Crippen molar-refractivity contribution in [2.45, 2.75) is 54.4 Å². The van der Waals surface area contributed by atoms with Gasteiger partial charge in [-0.15, -0.1) is 0 Å². The molecule has 0 bridgehead atoms. The summed E-state index contributed by atoms with van der Waals surface area (Å²) >= 11 is 0. The van der Waals surface area contributed by atoms with Gasteiger partial charge in [0.2, 0.25) is 0 Å². The van der Waals surface area contributed by atoms with Crippen molar-refractivity contribution in [2.75, 3.05) is 13.2 Å². The van der Waals surface area contributed by atoms with E-state index in [9.17, 15) is 0 Å². The van der Waals surface area contributed by atoms with Crippen molar-refractivity contribution in [3.63, 3.8) is 0 Å². The number of hydrogen-bond donors (Lipinski definition) is 0. The number of rotatable bonds is 1. The van der Waals surface area contributed by atoms with Crippen molar-refractivity contribution in [2.24, 2.45) is 22.7 Å². The van der Waals surface area contributed by atoms with E-state index < -0.39 is 0 Å². The lowest BCUT2D eigenvalue weighted by molar-refractivity contribution is -0.0411. The summed E-state index contributed by atoms with van der Waals surface area (Å²) in [5.74, 6) is 1.57. The average Bonchev–Trinajstić information content (AvgIpc) is 1.99. The third-order valence-corrected chi connectivity index (χ3v) is 3.49. The molecular formula is C14H28O. The summed E-state index contributed by atoms with van der Waals surface area (Å²) in [6, 6.07) is 0. The first-order valence-electron chi connectivity index (χ1n) is 6.28. The predicted octanol–water partition coefficient (Wildman–Crippen LogP) is 4.12. The highest BCUT2D eigenvalue weighted by Crippen LogP contribution is 2.41. The highest BCUT2D eigenvalue weighted by atomic mass is 16.5. The molecule has 0 radical (unpaired) electrons. The predicted molar refractivity (Wildman–Crippen MR) is 65.9 cm³/mol. The van der Waals surface area contributed by atoms with Gasteiger partial charge in [-0.25, -0.2) is 0 Å². The van der Waals surface area contributed by atoms with Crippen LogP contribution in [0.5, 0.6) is 0 Å². The first-order chi connectivity index (χ1) is 6.70. The van der Waals surface area contributed by atoms with Gasteiger partial charge in [-0.1, -0.05) is 41.5 Å². The Morgan fingerprint density at radius 2 is 1.67 bits per heavy atom. The van der Waals surface area contributed by atoms with Gasteiger partial charge in [0, 0.05) is 6.61 Å². The van der Waals surface area contributed by atoms with E-state index in [0.717, 1.165) is 25.0 Å². The molecule has 0 saturated carbocycles. The lowest BCUT2D eigenvalue weighted by Crippen LogP contribution is -2.38. The average molecular weight is 212 g/mol. The van der Waals surface area contributed by atoms with Gasteiger partial charge in [0.25, 0.3) is 0 Å². The molecule has 1 aliphatic rings. The Morgan fingerprint density at radius 3 is 2.13 bits per heavy atom. The molecule has 0 aliphatic carbocycles. The van der Waals surface area contributed by atoms with Crippen LogP contribution in [-0.2, 0) is 4.74 Å². The van der Waals surface area contributed by atoms with Gasteiger partial charge in [0.05, 0.1) is 6.61 Å². The molecule has 1 aliphatic heterocycles. The highest BCUT2D eigenvalue weighted by Gasteiger charge is 2.36. The Morgan fingerprint density at radius 1 is 1.07 bits per heavy atom. The van der Waals surface area contributed by atoms with E-state index in [1.165, 1.54) is 12.8 Å².